The lowest BCUT2D eigenvalue weighted by molar-refractivity contribution is -0.0511. The second-order valence-corrected chi connectivity index (χ2v) is 8.44. The van der Waals surface area contributed by atoms with E-state index in [2.05, 4.69) is 4.74 Å². The molecule has 0 fully saturated rings. The Balaban J connectivity index is 2.18. The van der Waals surface area contributed by atoms with Crippen molar-refractivity contribution in [3.63, 3.8) is 0 Å². The van der Waals surface area contributed by atoms with Crippen LogP contribution in [-0.4, -0.2) is 46.5 Å². The molecule has 0 saturated heterocycles. The standard InChI is InChI=1S/C18H18ClF2NO6S/c1-22(2)29(24,25)13-6-4-5-12(9-13)17(23)27-10-11-7-14(19)16(28-18(20)21)15(8-11)26-3/h4-9,18H,10H2,1-3H3. The quantitative estimate of drug-likeness (QED) is 0.573. The van der Waals surface area contributed by atoms with Gasteiger partial charge in [0.05, 0.1) is 22.6 Å². The zero-order chi connectivity index (χ0) is 21.8. The molecule has 0 bridgehead atoms. The first-order valence-electron chi connectivity index (χ1n) is 8.07. The fourth-order valence-corrected chi connectivity index (χ4v) is 3.51. The second kappa shape index (κ2) is 9.38. The second-order valence-electron chi connectivity index (χ2n) is 5.88. The Labute approximate surface area is 171 Å². The van der Waals surface area contributed by atoms with Gasteiger partial charge in [-0.3, -0.25) is 0 Å². The third-order valence-corrected chi connectivity index (χ3v) is 5.81. The van der Waals surface area contributed by atoms with Crippen molar-refractivity contribution in [2.75, 3.05) is 21.2 Å². The van der Waals surface area contributed by atoms with Crippen LogP contribution in [-0.2, 0) is 21.4 Å². The summed E-state index contributed by atoms with van der Waals surface area (Å²) in [7, 11) is 0.281. The van der Waals surface area contributed by atoms with E-state index in [1.54, 1.807) is 0 Å². The van der Waals surface area contributed by atoms with Gasteiger partial charge in [0.2, 0.25) is 10.0 Å². The number of sulfonamides is 1. The lowest BCUT2D eigenvalue weighted by Crippen LogP contribution is -2.22. The lowest BCUT2D eigenvalue weighted by Gasteiger charge is -2.14. The van der Waals surface area contributed by atoms with Gasteiger partial charge in [0.15, 0.2) is 11.5 Å². The van der Waals surface area contributed by atoms with Gasteiger partial charge < -0.3 is 14.2 Å². The van der Waals surface area contributed by atoms with Crippen molar-refractivity contribution in [2.45, 2.75) is 18.1 Å². The van der Waals surface area contributed by atoms with Crippen molar-refractivity contribution < 1.29 is 36.2 Å². The van der Waals surface area contributed by atoms with Gasteiger partial charge >= 0.3 is 12.6 Å². The number of ether oxygens (including phenoxy) is 3. The highest BCUT2D eigenvalue weighted by molar-refractivity contribution is 7.89. The number of carbonyl (C=O) groups is 1. The van der Waals surface area contributed by atoms with Crippen LogP contribution in [0, 0.1) is 0 Å². The van der Waals surface area contributed by atoms with Crippen LogP contribution in [0.1, 0.15) is 15.9 Å². The van der Waals surface area contributed by atoms with Gasteiger partial charge in [-0.2, -0.15) is 8.78 Å². The van der Waals surface area contributed by atoms with Crippen molar-refractivity contribution in [2.24, 2.45) is 0 Å². The molecule has 0 atom stereocenters. The van der Waals surface area contributed by atoms with Gasteiger partial charge in [0.25, 0.3) is 0 Å². The minimum Gasteiger partial charge on any atom is -0.493 e. The van der Waals surface area contributed by atoms with Crippen molar-refractivity contribution in [1.29, 1.82) is 0 Å². The summed E-state index contributed by atoms with van der Waals surface area (Å²) in [6.07, 6.45) is 0. The fourth-order valence-electron chi connectivity index (χ4n) is 2.29. The number of hydrogen-bond donors (Lipinski definition) is 0. The van der Waals surface area contributed by atoms with Crippen LogP contribution in [0.2, 0.25) is 5.02 Å². The summed E-state index contributed by atoms with van der Waals surface area (Å²) in [5, 5.41) is -0.144. The summed E-state index contributed by atoms with van der Waals surface area (Å²) in [6, 6.07) is 8.02. The van der Waals surface area contributed by atoms with Crippen LogP contribution >= 0.6 is 11.6 Å². The molecule has 0 spiro atoms. The van der Waals surface area contributed by atoms with E-state index in [0.29, 0.717) is 5.56 Å². The number of methoxy groups -OCH3 is 1. The van der Waals surface area contributed by atoms with Gasteiger partial charge in [-0.15, -0.1) is 0 Å². The summed E-state index contributed by atoms with van der Waals surface area (Å²) in [6.45, 7) is -3.34. The van der Waals surface area contributed by atoms with Crippen LogP contribution in [0.4, 0.5) is 8.78 Å². The number of esters is 1. The average molecular weight is 450 g/mol. The van der Waals surface area contributed by atoms with E-state index < -0.39 is 22.6 Å². The van der Waals surface area contributed by atoms with Crippen molar-refractivity contribution in [3.05, 3.63) is 52.5 Å². The molecule has 0 radical (unpaired) electrons. The predicted molar refractivity (Wildman–Crippen MR) is 101 cm³/mol. The zero-order valence-corrected chi connectivity index (χ0v) is 17.3. The van der Waals surface area contributed by atoms with Crippen molar-refractivity contribution in [1.82, 2.24) is 4.31 Å². The van der Waals surface area contributed by atoms with Gasteiger partial charge in [0.1, 0.15) is 6.61 Å². The van der Waals surface area contributed by atoms with E-state index >= 15 is 0 Å². The summed E-state index contributed by atoms with van der Waals surface area (Å²) in [4.78, 5) is 12.2. The Bertz CT molecular complexity index is 998. The number of halogens is 3. The molecule has 0 aliphatic heterocycles. The molecule has 0 amide bonds. The predicted octanol–water partition coefficient (Wildman–Crippen LogP) is 3.56. The molecule has 158 valence electrons. The molecule has 0 unspecified atom stereocenters. The van der Waals surface area contributed by atoms with E-state index in [1.807, 2.05) is 0 Å². The Morgan fingerprint density at radius 2 is 1.90 bits per heavy atom. The monoisotopic (exact) mass is 449 g/mol. The van der Waals surface area contributed by atoms with Gasteiger partial charge in [0, 0.05) is 14.1 Å². The largest absolute Gasteiger partial charge is 0.493 e. The number of rotatable bonds is 8. The molecule has 0 aliphatic rings. The SMILES string of the molecule is COc1cc(COC(=O)c2cccc(S(=O)(=O)N(C)C)c2)cc(Cl)c1OC(F)F. The number of hydrogen-bond acceptors (Lipinski definition) is 6. The van der Waals surface area contributed by atoms with Crippen LogP contribution in [0.5, 0.6) is 11.5 Å². The van der Waals surface area contributed by atoms with E-state index in [1.165, 1.54) is 57.6 Å². The third-order valence-electron chi connectivity index (χ3n) is 3.71. The molecular formula is C18H18ClF2NO6S. The number of benzene rings is 2. The van der Waals surface area contributed by atoms with E-state index in [-0.39, 0.29) is 33.6 Å². The normalized spacial score (nSPS) is 11.6. The fraction of sp³-hybridized carbons (Fsp3) is 0.278. The summed E-state index contributed by atoms with van der Waals surface area (Å²) >= 11 is 5.94. The minimum atomic E-state index is -3.71. The Hall–Kier alpha value is -2.43. The molecule has 0 aromatic heterocycles. The van der Waals surface area contributed by atoms with Gasteiger partial charge in [-0.25, -0.2) is 17.5 Å². The van der Waals surface area contributed by atoms with Crippen LogP contribution in [0.25, 0.3) is 0 Å². The molecule has 0 aliphatic carbocycles. The van der Waals surface area contributed by atoms with E-state index in [9.17, 15) is 22.0 Å². The maximum atomic E-state index is 12.5. The highest BCUT2D eigenvalue weighted by Gasteiger charge is 2.20. The molecule has 0 heterocycles. The molecule has 2 aromatic carbocycles. The Morgan fingerprint density at radius 1 is 1.21 bits per heavy atom. The summed E-state index contributed by atoms with van der Waals surface area (Å²) < 4.78 is 64.8. The number of carbonyl (C=O) groups excluding carboxylic acids is 1. The minimum absolute atomic E-state index is 0.0311. The molecule has 0 saturated carbocycles. The van der Waals surface area contributed by atoms with Crippen molar-refractivity contribution in [3.8, 4) is 11.5 Å². The van der Waals surface area contributed by atoms with E-state index in [4.69, 9.17) is 21.1 Å². The molecule has 2 aromatic rings. The first-order valence-corrected chi connectivity index (χ1v) is 9.89. The van der Waals surface area contributed by atoms with Crippen LogP contribution in [0.3, 0.4) is 0 Å². The molecule has 2 rings (SSSR count). The Kier molecular flexibility index (Phi) is 7.39. The first kappa shape index (κ1) is 22.9. The topological polar surface area (TPSA) is 82.1 Å². The summed E-state index contributed by atoms with van der Waals surface area (Å²) in [5.74, 6) is -1.16. The van der Waals surface area contributed by atoms with Gasteiger partial charge in [-0.1, -0.05) is 17.7 Å². The van der Waals surface area contributed by atoms with Crippen LogP contribution in [0.15, 0.2) is 41.3 Å². The van der Waals surface area contributed by atoms with Crippen molar-refractivity contribution >= 4 is 27.6 Å². The number of alkyl halides is 2. The van der Waals surface area contributed by atoms with Crippen LogP contribution < -0.4 is 9.47 Å². The van der Waals surface area contributed by atoms with E-state index in [0.717, 1.165) is 4.31 Å². The highest BCUT2D eigenvalue weighted by atomic mass is 35.5. The lowest BCUT2D eigenvalue weighted by atomic mass is 10.2. The molecular weight excluding hydrogens is 432 g/mol. The highest BCUT2D eigenvalue weighted by Crippen LogP contribution is 2.37. The molecule has 0 N–H and O–H groups in total. The molecule has 29 heavy (non-hydrogen) atoms. The average Bonchev–Trinajstić information content (AvgIpc) is 2.67. The summed E-state index contributed by atoms with van der Waals surface area (Å²) in [5.41, 5.74) is 0.391. The zero-order valence-electron chi connectivity index (χ0n) is 15.7. The Morgan fingerprint density at radius 3 is 2.48 bits per heavy atom. The first-order chi connectivity index (χ1) is 13.6. The maximum absolute atomic E-state index is 12.5. The molecule has 7 nitrogen and oxygen atoms in total. The number of nitrogens with zero attached hydrogens (tertiary/aromatic N) is 1. The third kappa shape index (κ3) is 5.55. The maximum Gasteiger partial charge on any atom is 0.387 e. The molecule has 11 heteroatoms. The smallest absolute Gasteiger partial charge is 0.387 e. The van der Waals surface area contributed by atoms with Gasteiger partial charge in [-0.05, 0) is 35.9 Å².